The summed E-state index contributed by atoms with van der Waals surface area (Å²) in [6, 6.07) is 6.18. The topological polar surface area (TPSA) is 54.0 Å². The van der Waals surface area contributed by atoms with E-state index in [4.69, 9.17) is 9.47 Å². The largest absolute Gasteiger partial charge is 0.497 e. The van der Waals surface area contributed by atoms with Gasteiger partial charge >= 0.3 is 6.03 Å². The molecule has 1 aromatic carbocycles. The average molecular weight is 390 g/mol. The molecule has 1 heterocycles. The maximum Gasteiger partial charge on any atom is 0.317 e. The quantitative estimate of drug-likeness (QED) is 0.775. The molecule has 0 bridgehead atoms. The number of amides is 2. The highest BCUT2D eigenvalue weighted by Crippen LogP contribution is 2.29. The van der Waals surface area contributed by atoms with Crippen LogP contribution in [0.15, 0.2) is 18.2 Å². The fraction of sp³-hybridized carbons (Fsp3) is 0.682. The molecule has 2 amide bonds. The highest BCUT2D eigenvalue weighted by Gasteiger charge is 2.28. The molecule has 156 valence electrons. The lowest BCUT2D eigenvalue weighted by Gasteiger charge is -2.35. The van der Waals surface area contributed by atoms with Gasteiger partial charge in [0, 0.05) is 30.8 Å². The van der Waals surface area contributed by atoms with Crippen LogP contribution in [-0.4, -0.2) is 62.8 Å². The molecule has 1 saturated heterocycles. The Morgan fingerprint density at radius 2 is 1.96 bits per heavy atom. The number of ether oxygens (including phenoxy) is 2. The first-order valence-electron chi connectivity index (χ1n) is 10.5. The summed E-state index contributed by atoms with van der Waals surface area (Å²) in [6.45, 7) is 3.51. The minimum absolute atomic E-state index is 0.0549. The van der Waals surface area contributed by atoms with Gasteiger partial charge in [-0.25, -0.2) is 4.79 Å². The molecule has 28 heavy (non-hydrogen) atoms. The number of benzene rings is 1. The van der Waals surface area contributed by atoms with Crippen molar-refractivity contribution < 1.29 is 14.3 Å². The number of urea groups is 1. The van der Waals surface area contributed by atoms with Crippen molar-refractivity contribution in [3.63, 3.8) is 0 Å². The Bertz CT molecular complexity index is 646. The molecule has 0 radical (unpaired) electrons. The number of hydrogen-bond donors (Lipinski definition) is 1. The third-order valence-electron chi connectivity index (χ3n) is 6.14. The Morgan fingerprint density at radius 1 is 1.18 bits per heavy atom. The number of hydrogen-bond acceptors (Lipinski definition) is 4. The van der Waals surface area contributed by atoms with Crippen LogP contribution in [0.25, 0.3) is 0 Å². The molecule has 3 rings (SSSR count). The van der Waals surface area contributed by atoms with Crippen LogP contribution in [0.1, 0.15) is 44.1 Å². The van der Waals surface area contributed by atoms with Crippen LogP contribution in [0.5, 0.6) is 11.5 Å². The summed E-state index contributed by atoms with van der Waals surface area (Å²) in [7, 11) is 5.46. The van der Waals surface area contributed by atoms with E-state index in [9.17, 15) is 4.79 Å². The Balaban J connectivity index is 1.70. The summed E-state index contributed by atoms with van der Waals surface area (Å²) < 4.78 is 10.9. The molecule has 6 nitrogen and oxygen atoms in total. The van der Waals surface area contributed by atoms with Gasteiger partial charge in [-0.3, -0.25) is 0 Å². The van der Waals surface area contributed by atoms with E-state index < -0.39 is 0 Å². The van der Waals surface area contributed by atoms with Crippen molar-refractivity contribution in [1.29, 1.82) is 0 Å². The van der Waals surface area contributed by atoms with Gasteiger partial charge in [0.2, 0.25) is 0 Å². The van der Waals surface area contributed by atoms with E-state index in [1.54, 1.807) is 14.2 Å². The van der Waals surface area contributed by atoms with Crippen LogP contribution in [0.4, 0.5) is 4.79 Å². The highest BCUT2D eigenvalue weighted by atomic mass is 16.5. The smallest absolute Gasteiger partial charge is 0.317 e. The summed E-state index contributed by atoms with van der Waals surface area (Å²) in [5.74, 6) is 2.09. The van der Waals surface area contributed by atoms with Gasteiger partial charge < -0.3 is 24.6 Å². The zero-order chi connectivity index (χ0) is 19.9. The highest BCUT2D eigenvalue weighted by molar-refractivity contribution is 5.74. The summed E-state index contributed by atoms with van der Waals surface area (Å²) in [6.07, 6.45) is 6.98. The summed E-state index contributed by atoms with van der Waals surface area (Å²) in [4.78, 5) is 17.5. The maximum absolute atomic E-state index is 13.1. The summed E-state index contributed by atoms with van der Waals surface area (Å²) in [5.41, 5.74) is 1.02. The van der Waals surface area contributed by atoms with Crippen LogP contribution in [-0.2, 0) is 6.54 Å². The second-order valence-corrected chi connectivity index (χ2v) is 8.20. The lowest BCUT2D eigenvalue weighted by Crippen LogP contribution is -2.47. The van der Waals surface area contributed by atoms with Crippen molar-refractivity contribution in [3.05, 3.63) is 23.8 Å². The number of methoxy groups -OCH3 is 2. The predicted molar refractivity (Wildman–Crippen MR) is 111 cm³/mol. The van der Waals surface area contributed by atoms with Gasteiger partial charge in [-0.05, 0) is 50.9 Å². The van der Waals surface area contributed by atoms with E-state index in [-0.39, 0.29) is 6.03 Å². The first-order valence-corrected chi connectivity index (χ1v) is 10.5. The van der Waals surface area contributed by atoms with Gasteiger partial charge in [-0.15, -0.1) is 0 Å². The van der Waals surface area contributed by atoms with Crippen LogP contribution in [0, 0.1) is 5.92 Å². The molecule has 1 N–H and O–H groups in total. The standard InChI is InChI=1S/C22H35N3O3/c1-24-12-11-17(15-24)14-23-22(26)25(19-7-5-4-6-8-19)16-18-9-10-20(27-2)13-21(18)28-3/h9-10,13,17,19H,4-8,11-12,14-16H2,1-3H3,(H,23,26)/t17-/m1/s1. The van der Waals surface area contributed by atoms with Gasteiger partial charge in [-0.2, -0.15) is 0 Å². The molecule has 2 aliphatic rings. The molecule has 2 fully saturated rings. The molecule has 1 aromatic rings. The lowest BCUT2D eigenvalue weighted by atomic mass is 9.94. The van der Waals surface area contributed by atoms with Crippen LogP contribution < -0.4 is 14.8 Å². The molecule has 0 spiro atoms. The lowest BCUT2D eigenvalue weighted by molar-refractivity contribution is 0.149. The van der Waals surface area contributed by atoms with Crippen LogP contribution in [0.2, 0.25) is 0 Å². The molecular weight excluding hydrogens is 354 g/mol. The van der Waals surface area contributed by atoms with Crippen molar-refractivity contribution in [2.24, 2.45) is 5.92 Å². The third-order valence-corrected chi connectivity index (χ3v) is 6.14. The fourth-order valence-corrected chi connectivity index (χ4v) is 4.45. The Kier molecular flexibility index (Phi) is 7.43. The third kappa shape index (κ3) is 5.31. The number of likely N-dealkylation sites (tertiary alicyclic amines) is 1. The van der Waals surface area contributed by atoms with Crippen LogP contribution >= 0.6 is 0 Å². The average Bonchev–Trinajstić information content (AvgIpc) is 3.16. The van der Waals surface area contributed by atoms with E-state index in [2.05, 4.69) is 17.3 Å². The van der Waals surface area contributed by atoms with Crippen molar-refractivity contribution in [1.82, 2.24) is 15.1 Å². The van der Waals surface area contributed by atoms with E-state index in [0.29, 0.717) is 18.5 Å². The first-order chi connectivity index (χ1) is 13.6. The zero-order valence-electron chi connectivity index (χ0n) is 17.6. The molecule has 1 aliphatic carbocycles. The van der Waals surface area contributed by atoms with E-state index in [1.807, 2.05) is 23.1 Å². The SMILES string of the molecule is COc1ccc(CN(C(=O)NC[C@H]2CCN(C)C2)C2CCCCC2)c(OC)c1. The number of carbonyl (C=O) groups excluding carboxylic acids is 1. The molecular formula is C22H35N3O3. The molecule has 1 saturated carbocycles. The molecule has 0 aromatic heterocycles. The maximum atomic E-state index is 13.1. The Morgan fingerprint density at radius 3 is 2.61 bits per heavy atom. The number of nitrogens with one attached hydrogen (secondary N) is 1. The molecule has 6 heteroatoms. The number of carbonyl (C=O) groups is 1. The van der Waals surface area contributed by atoms with Gasteiger partial charge in [0.15, 0.2) is 0 Å². The second-order valence-electron chi connectivity index (χ2n) is 8.20. The van der Waals surface area contributed by atoms with E-state index in [1.165, 1.54) is 19.3 Å². The zero-order valence-corrected chi connectivity index (χ0v) is 17.6. The number of nitrogens with zero attached hydrogens (tertiary/aromatic N) is 2. The summed E-state index contributed by atoms with van der Waals surface area (Å²) in [5, 5.41) is 3.22. The monoisotopic (exact) mass is 389 g/mol. The van der Waals surface area contributed by atoms with E-state index in [0.717, 1.165) is 56.0 Å². The molecule has 0 unspecified atom stereocenters. The van der Waals surface area contributed by atoms with Crippen molar-refractivity contribution in [2.75, 3.05) is 40.9 Å². The molecule has 1 atom stereocenters. The predicted octanol–water partition coefficient (Wildman–Crippen LogP) is 3.50. The van der Waals surface area contributed by atoms with Crippen LogP contribution in [0.3, 0.4) is 0 Å². The van der Waals surface area contributed by atoms with Gasteiger partial charge in [-0.1, -0.05) is 19.3 Å². The minimum atomic E-state index is 0.0549. The Hall–Kier alpha value is -1.95. The van der Waals surface area contributed by atoms with Gasteiger partial charge in [0.05, 0.1) is 20.8 Å². The van der Waals surface area contributed by atoms with Crippen molar-refractivity contribution in [2.45, 2.75) is 51.1 Å². The minimum Gasteiger partial charge on any atom is -0.497 e. The van der Waals surface area contributed by atoms with Gasteiger partial charge in [0.1, 0.15) is 11.5 Å². The Labute approximate surface area is 169 Å². The van der Waals surface area contributed by atoms with Crippen molar-refractivity contribution >= 4 is 6.03 Å². The fourth-order valence-electron chi connectivity index (χ4n) is 4.45. The number of rotatable bonds is 7. The summed E-state index contributed by atoms with van der Waals surface area (Å²) >= 11 is 0. The van der Waals surface area contributed by atoms with E-state index >= 15 is 0 Å². The molecule has 1 aliphatic heterocycles. The van der Waals surface area contributed by atoms with Gasteiger partial charge in [0.25, 0.3) is 0 Å². The normalized spacial score (nSPS) is 20.8. The second kappa shape index (κ2) is 10.0. The first kappa shape index (κ1) is 20.8. The van der Waals surface area contributed by atoms with Crippen molar-refractivity contribution in [3.8, 4) is 11.5 Å².